The summed E-state index contributed by atoms with van der Waals surface area (Å²) in [6, 6.07) is 9.82. The molecule has 16 heavy (non-hydrogen) atoms. The van der Waals surface area contributed by atoms with E-state index in [9.17, 15) is 4.79 Å². The van der Waals surface area contributed by atoms with Crippen LogP contribution in [0.3, 0.4) is 0 Å². The number of benzene rings is 1. The minimum Gasteiger partial charge on any atom is -0.480 e. The van der Waals surface area contributed by atoms with Crippen LogP contribution in [0.1, 0.15) is 12.0 Å². The second-order valence-electron chi connectivity index (χ2n) is 3.91. The third-order valence-electron chi connectivity index (χ3n) is 2.73. The topological polar surface area (TPSA) is 63.3 Å². The van der Waals surface area contributed by atoms with E-state index in [2.05, 4.69) is 0 Å². The lowest BCUT2D eigenvalue weighted by molar-refractivity contribution is -0.141. The molecule has 3 N–H and O–H groups in total. The van der Waals surface area contributed by atoms with Gasteiger partial charge in [0.25, 0.3) is 0 Å². The van der Waals surface area contributed by atoms with Crippen molar-refractivity contribution in [3.63, 3.8) is 0 Å². The molecule has 1 aliphatic rings. The van der Waals surface area contributed by atoms with E-state index in [0.717, 1.165) is 11.1 Å². The highest BCUT2D eigenvalue weighted by atomic mass is 16.4. The molecular weight excluding hydrogens is 202 g/mol. The average molecular weight is 215 g/mol. The van der Waals surface area contributed by atoms with Gasteiger partial charge >= 0.3 is 5.97 Å². The average Bonchev–Trinajstić information content (AvgIpc) is 2.31. The normalized spacial score (nSPS) is 23.9. The molecule has 0 radical (unpaired) electrons. The van der Waals surface area contributed by atoms with Crippen molar-refractivity contribution in [1.29, 1.82) is 0 Å². The summed E-state index contributed by atoms with van der Waals surface area (Å²) in [5, 5.41) is 8.95. The van der Waals surface area contributed by atoms with E-state index >= 15 is 0 Å². The number of aliphatic carboxylic acids is 1. The van der Waals surface area contributed by atoms with E-state index < -0.39 is 11.5 Å². The fourth-order valence-electron chi connectivity index (χ4n) is 1.66. The summed E-state index contributed by atoms with van der Waals surface area (Å²) in [6.07, 6.45) is 5.51. The van der Waals surface area contributed by atoms with Crippen LogP contribution in [0.25, 0.3) is 5.57 Å². The molecule has 2 rings (SSSR count). The van der Waals surface area contributed by atoms with E-state index in [0.29, 0.717) is 6.42 Å². The van der Waals surface area contributed by atoms with Gasteiger partial charge in [-0.25, -0.2) is 4.79 Å². The SMILES string of the molecule is NC1(C(=O)O)C=CC(c2ccccc2)=CC1. The molecule has 82 valence electrons. The summed E-state index contributed by atoms with van der Waals surface area (Å²) < 4.78 is 0. The Labute approximate surface area is 93.9 Å². The number of allylic oxidation sites excluding steroid dienone is 2. The van der Waals surface area contributed by atoms with Crippen molar-refractivity contribution < 1.29 is 9.90 Å². The highest BCUT2D eigenvalue weighted by Gasteiger charge is 2.31. The van der Waals surface area contributed by atoms with Crippen molar-refractivity contribution in [2.24, 2.45) is 5.73 Å². The van der Waals surface area contributed by atoms with E-state index in [1.165, 1.54) is 0 Å². The van der Waals surface area contributed by atoms with Crippen LogP contribution >= 0.6 is 0 Å². The van der Waals surface area contributed by atoms with Crippen molar-refractivity contribution in [3.8, 4) is 0 Å². The van der Waals surface area contributed by atoms with E-state index in [1.807, 2.05) is 36.4 Å². The first-order valence-electron chi connectivity index (χ1n) is 5.09. The smallest absolute Gasteiger partial charge is 0.328 e. The van der Waals surface area contributed by atoms with Crippen LogP contribution in [0.5, 0.6) is 0 Å². The van der Waals surface area contributed by atoms with Gasteiger partial charge in [-0.2, -0.15) is 0 Å². The molecule has 3 nitrogen and oxygen atoms in total. The van der Waals surface area contributed by atoms with Crippen molar-refractivity contribution in [2.75, 3.05) is 0 Å². The minimum atomic E-state index is -1.25. The predicted molar refractivity (Wildman–Crippen MR) is 62.7 cm³/mol. The van der Waals surface area contributed by atoms with Crippen LogP contribution in [0.15, 0.2) is 48.6 Å². The molecule has 0 saturated carbocycles. The van der Waals surface area contributed by atoms with Crippen LogP contribution in [0.4, 0.5) is 0 Å². The lowest BCUT2D eigenvalue weighted by Gasteiger charge is -2.22. The molecule has 0 bridgehead atoms. The van der Waals surface area contributed by atoms with Crippen molar-refractivity contribution >= 4 is 11.5 Å². The number of hydrogen-bond acceptors (Lipinski definition) is 2. The number of carboxylic acids is 1. The minimum absolute atomic E-state index is 0.322. The molecule has 0 aliphatic heterocycles. The molecule has 1 atom stereocenters. The highest BCUT2D eigenvalue weighted by Crippen LogP contribution is 2.25. The lowest BCUT2D eigenvalue weighted by Crippen LogP contribution is -2.46. The predicted octanol–water partition coefficient (Wildman–Crippen LogP) is 1.81. The molecule has 0 aromatic heterocycles. The van der Waals surface area contributed by atoms with Gasteiger partial charge in [0.1, 0.15) is 5.54 Å². The number of carbonyl (C=O) groups is 1. The molecule has 1 aromatic rings. The maximum atomic E-state index is 10.9. The zero-order chi connectivity index (χ0) is 11.6. The Morgan fingerprint density at radius 1 is 1.31 bits per heavy atom. The summed E-state index contributed by atoms with van der Waals surface area (Å²) in [5.41, 5.74) is 6.55. The van der Waals surface area contributed by atoms with E-state index in [-0.39, 0.29) is 0 Å². The lowest BCUT2D eigenvalue weighted by atomic mass is 9.88. The Morgan fingerprint density at radius 3 is 2.50 bits per heavy atom. The van der Waals surface area contributed by atoms with Gasteiger partial charge in [-0.1, -0.05) is 48.6 Å². The number of carboxylic acid groups (broad SMARTS) is 1. The maximum absolute atomic E-state index is 10.9. The molecule has 0 fully saturated rings. The first-order valence-corrected chi connectivity index (χ1v) is 5.09. The summed E-state index contributed by atoms with van der Waals surface area (Å²) in [6.45, 7) is 0. The molecule has 0 heterocycles. The quantitative estimate of drug-likeness (QED) is 0.790. The second kappa shape index (κ2) is 3.94. The fraction of sp³-hybridized carbons (Fsp3) is 0.154. The molecule has 3 heteroatoms. The van der Waals surface area contributed by atoms with Gasteiger partial charge in [0.15, 0.2) is 0 Å². The van der Waals surface area contributed by atoms with Gasteiger partial charge in [0, 0.05) is 0 Å². The highest BCUT2D eigenvalue weighted by molar-refractivity contribution is 5.86. The molecule has 0 spiro atoms. The summed E-state index contributed by atoms with van der Waals surface area (Å²) in [7, 11) is 0. The first kappa shape index (κ1) is 10.6. The van der Waals surface area contributed by atoms with Crippen LogP contribution in [0, 0.1) is 0 Å². The van der Waals surface area contributed by atoms with Crippen LogP contribution in [0.2, 0.25) is 0 Å². The summed E-state index contributed by atoms with van der Waals surface area (Å²) in [5.74, 6) is -0.993. The van der Waals surface area contributed by atoms with Gasteiger partial charge in [0.05, 0.1) is 0 Å². The van der Waals surface area contributed by atoms with Gasteiger partial charge in [-0.15, -0.1) is 0 Å². The number of nitrogens with two attached hydrogens (primary N) is 1. The molecular formula is C13H13NO2. The Hall–Kier alpha value is -1.87. The summed E-state index contributed by atoms with van der Waals surface area (Å²) in [4.78, 5) is 10.9. The largest absolute Gasteiger partial charge is 0.480 e. The monoisotopic (exact) mass is 215 g/mol. The van der Waals surface area contributed by atoms with Gasteiger partial charge in [0.2, 0.25) is 0 Å². The number of hydrogen-bond donors (Lipinski definition) is 2. The Kier molecular flexibility index (Phi) is 2.62. The van der Waals surface area contributed by atoms with Crippen LogP contribution < -0.4 is 5.73 Å². The van der Waals surface area contributed by atoms with Gasteiger partial charge in [-0.05, 0) is 17.6 Å². The van der Waals surface area contributed by atoms with Crippen molar-refractivity contribution in [3.05, 3.63) is 54.1 Å². The van der Waals surface area contributed by atoms with Crippen LogP contribution in [-0.2, 0) is 4.79 Å². The molecule has 1 aliphatic carbocycles. The second-order valence-corrected chi connectivity index (χ2v) is 3.91. The molecule has 1 unspecified atom stereocenters. The molecule has 0 saturated heterocycles. The standard InChI is InChI=1S/C13H13NO2/c14-13(12(15)16)8-6-11(7-9-13)10-4-2-1-3-5-10/h1-8H,9,14H2,(H,15,16). The zero-order valence-corrected chi connectivity index (χ0v) is 8.76. The zero-order valence-electron chi connectivity index (χ0n) is 8.76. The Balaban J connectivity index is 2.23. The number of rotatable bonds is 2. The third kappa shape index (κ3) is 1.90. The van der Waals surface area contributed by atoms with E-state index in [1.54, 1.807) is 12.2 Å². The van der Waals surface area contributed by atoms with Crippen molar-refractivity contribution in [1.82, 2.24) is 0 Å². The summed E-state index contributed by atoms with van der Waals surface area (Å²) >= 11 is 0. The Morgan fingerprint density at radius 2 is 2.00 bits per heavy atom. The molecule has 1 aromatic carbocycles. The molecule has 0 amide bonds. The van der Waals surface area contributed by atoms with Crippen LogP contribution in [-0.4, -0.2) is 16.6 Å². The van der Waals surface area contributed by atoms with Gasteiger partial charge < -0.3 is 10.8 Å². The van der Waals surface area contributed by atoms with Gasteiger partial charge in [-0.3, -0.25) is 0 Å². The maximum Gasteiger partial charge on any atom is 0.328 e. The first-order chi connectivity index (χ1) is 7.62. The Bertz CT molecular complexity index is 462. The van der Waals surface area contributed by atoms with E-state index in [4.69, 9.17) is 10.8 Å². The third-order valence-corrected chi connectivity index (χ3v) is 2.73. The fourth-order valence-corrected chi connectivity index (χ4v) is 1.66. The van der Waals surface area contributed by atoms with Crippen molar-refractivity contribution in [2.45, 2.75) is 12.0 Å².